The van der Waals surface area contributed by atoms with Gasteiger partial charge in [0.15, 0.2) is 5.96 Å². The van der Waals surface area contributed by atoms with Crippen LogP contribution in [0.2, 0.25) is 0 Å². The Kier molecular flexibility index (Phi) is 12.2. The van der Waals surface area contributed by atoms with Gasteiger partial charge in [0.25, 0.3) is 0 Å². The Labute approximate surface area is 172 Å². The molecule has 1 heterocycles. The van der Waals surface area contributed by atoms with Gasteiger partial charge in [-0.05, 0) is 33.7 Å². The van der Waals surface area contributed by atoms with Crippen molar-refractivity contribution in [2.24, 2.45) is 10.9 Å². The van der Waals surface area contributed by atoms with Crippen molar-refractivity contribution in [1.82, 2.24) is 20.4 Å². The number of likely N-dealkylation sites (N-methyl/N-ethyl adjacent to an activating group) is 1. The van der Waals surface area contributed by atoms with Crippen LogP contribution in [-0.4, -0.2) is 87.4 Å². The van der Waals surface area contributed by atoms with E-state index in [1.54, 1.807) is 7.11 Å². The molecule has 0 aromatic carbocycles. The van der Waals surface area contributed by atoms with Crippen LogP contribution in [0.1, 0.15) is 34.6 Å². The molecule has 0 bridgehead atoms. The van der Waals surface area contributed by atoms with Gasteiger partial charge in [-0.1, -0.05) is 13.8 Å². The topological polar surface area (TPSA) is 52.1 Å². The van der Waals surface area contributed by atoms with Crippen LogP contribution >= 0.6 is 24.0 Å². The average Bonchev–Trinajstić information content (AvgIpc) is 2.54. The third-order valence-corrected chi connectivity index (χ3v) is 4.77. The van der Waals surface area contributed by atoms with Crippen molar-refractivity contribution in [3.8, 4) is 0 Å². The second-order valence-corrected chi connectivity index (χ2v) is 7.69. The third kappa shape index (κ3) is 9.40. The molecule has 0 spiro atoms. The van der Waals surface area contributed by atoms with Crippen molar-refractivity contribution in [2.75, 3.05) is 60.0 Å². The first-order chi connectivity index (χ1) is 11.3. The lowest BCUT2D eigenvalue weighted by Crippen LogP contribution is -2.55. The Balaban J connectivity index is 0.00000576. The minimum Gasteiger partial charge on any atom is -0.377 e. The van der Waals surface area contributed by atoms with Crippen LogP contribution < -0.4 is 10.6 Å². The fourth-order valence-corrected chi connectivity index (χ4v) is 2.82. The van der Waals surface area contributed by atoms with E-state index in [1.165, 1.54) is 0 Å². The predicted octanol–water partition coefficient (Wildman–Crippen LogP) is 1.86. The van der Waals surface area contributed by atoms with Crippen molar-refractivity contribution in [2.45, 2.75) is 46.3 Å². The van der Waals surface area contributed by atoms with Crippen LogP contribution in [0.15, 0.2) is 4.99 Å². The molecule has 1 fully saturated rings. The maximum atomic E-state index is 5.46. The van der Waals surface area contributed by atoms with Crippen molar-refractivity contribution in [3.05, 3.63) is 0 Å². The highest BCUT2D eigenvalue weighted by Crippen LogP contribution is 2.13. The molecule has 6 nitrogen and oxygen atoms in total. The normalized spacial score (nSPS) is 18.8. The maximum Gasteiger partial charge on any atom is 0.191 e. The number of guanidine groups is 1. The molecule has 2 N–H and O–H groups in total. The van der Waals surface area contributed by atoms with Gasteiger partial charge in [0.2, 0.25) is 0 Å². The van der Waals surface area contributed by atoms with Gasteiger partial charge in [-0.2, -0.15) is 0 Å². The summed E-state index contributed by atoms with van der Waals surface area (Å²) in [7, 11) is 3.94. The zero-order chi connectivity index (χ0) is 18.2. The number of rotatable bonds is 8. The Morgan fingerprint density at radius 3 is 2.24 bits per heavy atom. The minimum absolute atomic E-state index is 0. The zero-order valence-electron chi connectivity index (χ0n) is 17.3. The van der Waals surface area contributed by atoms with Crippen molar-refractivity contribution in [3.63, 3.8) is 0 Å². The molecule has 0 saturated carbocycles. The number of piperazine rings is 1. The van der Waals surface area contributed by atoms with Gasteiger partial charge in [-0.25, -0.2) is 0 Å². The number of nitrogens with one attached hydrogen (secondary N) is 2. The van der Waals surface area contributed by atoms with Gasteiger partial charge < -0.3 is 20.3 Å². The molecular weight excluding hydrogens is 429 g/mol. The summed E-state index contributed by atoms with van der Waals surface area (Å²) in [5.74, 6) is 1.49. The van der Waals surface area contributed by atoms with Crippen molar-refractivity contribution < 1.29 is 4.74 Å². The highest BCUT2D eigenvalue weighted by molar-refractivity contribution is 14.0. The first kappa shape index (κ1) is 24.9. The van der Waals surface area contributed by atoms with Crippen LogP contribution in [-0.2, 0) is 4.74 Å². The lowest BCUT2D eigenvalue weighted by molar-refractivity contribution is 0.0310. The van der Waals surface area contributed by atoms with Crippen LogP contribution in [0.5, 0.6) is 0 Å². The average molecular weight is 469 g/mol. The molecule has 1 aliphatic heterocycles. The number of ether oxygens (including phenoxy) is 1. The van der Waals surface area contributed by atoms with E-state index in [1.807, 2.05) is 0 Å². The first-order valence-electron chi connectivity index (χ1n) is 9.29. The minimum atomic E-state index is -0.239. The van der Waals surface area contributed by atoms with Crippen LogP contribution in [0.3, 0.4) is 0 Å². The van der Waals surface area contributed by atoms with E-state index in [-0.39, 0.29) is 29.6 Å². The van der Waals surface area contributed by atoms with Gasteiger partial charge in [0.1, 0.15) is 0 Å². The van der Waals surface area contributed by atoms with E-state index in [0.29, 0.717) is 18.5 Å². The summed E-state index contributed by atoms with van der Waals surface area (Å²) in [6.45, 7) is 17.8. The second-order valence-electron chi connectivity index (χ2n) is 7.69. The van der Waals surface area contributed by atoms with E-state index in [0.717, 1.165) is 45.2 Å². The number of nitrogens with zero attached hydrogens (tertiary/aromatic N) is 3. The van der Waals surface area contributed by atoms with Crippen LogP contribution in [0.25, 0.3) is 0 Å². The predicted molar refractivity (Wildman–Crippen MR) is 118 cm³/mol. The van der Waals surface area contributed by atoms with E-state index in [9.17, 15) is 0 Å². The fourth-order valence-electron chi connectivity index (χ4n) is 2.82. The Bertz CT molecular complexity index is 382. The van der Waals surface area contributed by atoms with Gasteiger partial charge in [0.05, 0.1) is 12.1 Å². The van der Waals surface area contributed by atoms with E-state index in [2.05, 4.69) is 67.1 Å². The maximum absolute atomic E-state index is 5.46. The van der Waals surface area contributed by atoms with Crippen LogP contribution in [0, 0.1) is 5.92 Å². The standard InChI is InChI=1S/C18H39N5O.HI/c1-8-19-17(21-14-18(4,5)24-7)20-13-16(15(2)3)23-11-9-22(6)10-12-23;/h15-16H,8-14H2,1-7H3,(H2,19,20,21);1H. The molecule has 1 unspecified atom stereocenters. The molecule has 150 valence electrons. The number of halogens is 1. The highest BCUT2D eigenvalue weighted by atomic mass is 127. The van der Waals surface area contributed by atoms with Gasteiger partial charge in [-0.15, -0.1) is 24.0 Å². The van der Waals surface area contributed by atoms with Gasteiger partial charge >= 0.3 is 0 Å². The monoisotopic (exact) mass is 469 g/mol. The summed E-state index contributed by atoms with van der Waals surface area (Å²) in [5, 5.41) is 6.88. The summed E-state index contributed by atoms with van der Waals surface area (Å²) in [5.41, 5.74) is -0.239. The summed E-state index contributed by atoms with van der Waals surface area (Å²) in [6, 6.07) is 0.526. The number of hydrogen-bond acceptors (Lipinski definition) is 4. The van der Waals surface area contributed by atoms with Crippen LogP contribution in [0.4, 0.5) is 0 Å². The number of hydrogen-bond donors (Lipinski definition) is 2. The summed E-state index contributed by atoms with van der Waals surface area (Å²) >= 11 is 0. The molecule has 7 heteroatoms. The lowest BCUT2D eigenvalue weighted by Gasteiger charge is -2.40. The Hall–Kier alpha value is -0.120. The molecule has 25 heavy (non-hydrogen) atoms. The molecule has 0 aromatic rings. The van der Waals surface area contributed by atoms with Crippen molar-refractivity contribution in [1.29, 1.82) is 0 Å². The highest BCUT2D eigenvalue weighted by Gasteiger charge is 2.25. The molecule has 0 radical (unpaired) electrons. The Morgan fingerprint density at radius 2 is 1.76 bits per heavy atom. The van der Waals surface area contributed by atoms with Crippen molar-refractivity contribution >= 4 is 29.9 Å². The summed E-state index contributed by atoms with van der Waals surface area (Å²) in [4.78, 5) is 9.70. The molecule has 1 rings (SSSR count). The van der Waals surface area contributed by atoms with Gasteiger partial charge in [-0.3, -0.25) is 9.89 Å². The number of aliphatic imine (C=N–C) groups is 1. The molecule has 1 aliphatic rings. The largest absolute Gasteiger partial charge is 0.377 e. The van der Waals surface area contributed by atoms with Gasteiger partial charge in [0, 0.05) is 52.4 Å². The molecule has 1 saturated heterocycles. The van der Waals surface area contributed by atoms with E-state index < -0.39 is 0 Å². The zero-order valence-corrected chi connectivity index (χ0v) is 19.6. The second kappa shape index (κ2) is 12.3. The molecule has 0 aliphatic carbocycles. The molecule has 0 amide bonds. The first-order valence-corrected chi connectivity index (χ1v) is 9.29. The van der Waals surface area contributed by atoms with E-state index >= 15 is 0 Å². The lowest BCUT2D eigenvalue weighted by atomic mass is 10.0. The quantitative estimate of drug-likeness (QED) is 0.323. The SMILES string of the molecule is CCNC(=NCC(C)(C)OC)NCC(C(C)C)N1CCN(C)CC1.I. The summed E-state index contributed by atoms with van der Waals surface area (Å²) in [6.07, 6.45) is 0. The smallest absolute Gasteiger partial charge is 0.191 e. The third-order valence-electron chi connectivity index (χ3n) is 4.77. The molecule has 1 atom stereocenters. The molecular formula is C18H40IN5O. The fraction of sp³-hybridized carbons (Fsp3) is 0.944. The Morgan fingerprint density at radius 1 is 1.16 bits per heavy atom. The summed E-state index contributed by atoms with van der Waals surface area (Å²) < 4.78 is 5.46. The number of methoxy groups -OCH3 is 1. The molecule has 0 aromatic heterocycles. The van der Waals surface area contributed by atoms with E-state index in [4.69, 9.17) is 4.74 Å².